The van der Waals surface area contributed by atoms with Gasteiger partial charge >= 0.3 is 5.69 Å². The average Bonchev–Trinajstić information content (AvgIpc) is 2.47. The van der Waals surface area contributed by atoms with Crippen LogP contribution >= 0.6 is 23.4 Å². The van der Waals surface area contributed by atoms with E-state index in [0.29, 0.717) is 22.4 Å². The Hall–Kier alpha value is -1.86. The first-order valence-corrected chi connectivity index (χ1v) is 7.49. The maximum atomic E-state index is 11.1. The number of anilines is 1. The lowest BCUT2D eigenvalue weighted by atomic mass is 10.4. The maximum absolute atomic E-state index is 11.1. The first kappa shape index (κ1) is 15.5. The minimum Gasteiger partial charge on any atom is -0.354 e. The van der Waals surface area contributed by atoms with Crippen molar-refractivity contribution in [2.45, 2.75) is 23.3 Å². The van der Waals surface area contributed by atoms with Crippen molar-refractivity contribution < 1.29 is 4.92 Å². The predicted molar refractivity (Wildman–Crippen MR) is 83.0 cm³/mol. The molecular formula is C13H13ClN4O2S. The molecule has 110 valence electrons. The summed E-state index contributed by atoms with van der Waals surface area (Å²) in [5.74, 6) is 0.372. The normalized spacial score (nSPS) is 10.4. The molecule has 2 aromatic rings. The van der Waals surface area contributed by atoms with Crippen LogP contribution in [-0.2, 0) is 0 Å². The molecule has 21 heavy (non-hydrogen) atoms. The molecule has 0 unspecified atom stereocenters. The van der Waals surface area contributed by atoms with Crippen molar-refractivity contribution in [2.75, 3.05) is 11.9 Å². The maximum Gasteiger partial charge on any atom is 0.320 e. The molecule has 6 nitrogen and oxygen atoms in total. The molecule has 0 aliphatic heterocycles. The predicted octanol–water partition coefficient (Wildman–Crippen LogP) is 4.01. The molecule has 0 bridgehead atoms. The van der Waals surface area contributed by atoms with E-state index in [0.717, 1.165) is 18.2 Å². The summed E-state index contributed by atoms with van der Waals surface area (Å²) in [6, 6.07) is 7.14. The monoisotopic (exact) mass is 324 g/mol. The lowest BCUT2D eigenvalue weighted by Crippen LogP contribution is -2.06. The topological polar surface area (TPSA) is 81.0 Å². The molecule has 0 atom stereocenters. The molecule has 2 rings (SSSR count). The minimum absolute atomic E-state index is 0.137. The molecule has 0 saturated carbocycles. The van der Waals surface area contributed by atoms with Crippen molar-refractivity contribution in [3.05, 3.63) is 45.6 Å². The fourth-order valence-corrected chi connectivity index (χ4v) is 2.65. The van der Waals surface area contributed by atoms with Gasteiger partial charge in [-0.1, -0.05) is 42.4 Å². The van der Waals surface area contributed by atoms with Gasteiger partial charge in [-0.15, -0.1) is 0 Å². The number of nitrogens with one attached hydrogen (secondary N) is 1. The molecule has 1 heterocycles. The van der Waals surface area contributed by atoms with Gasteiger partial charge in [0.2, 0.25) is 5.95 Å². The Kier molecular flexibility index (Phi) is 5.35. The Balaban J connectivity index is 2.34. The number of rotatable bonds is 6. The van der Waals surface area contributed by atoms with E-state index in [2.05, 4.69) is 15.3 Å². The van der Waals surface area contributed by atoms with Crippen molar-refractivity contribution in [1.82, 2.24) is 9.97 Å². The third-order valence-corrected chi connectivity index (χ3v) is 4.02. The summed E-state index contributed by atoms with van der Waals surface area (Å²) in [5, 5.41) is 14.9. The molecule has 0 spiro atoms. The zero-order valence-corrected chi connectivity index (χ0v) is 12.8. The molecule has 0 aliphatic carbocycles. The summed E-state index contributed by atoms with van der Waals surface area (Å²) in [4.78, 5) is 19.5. The van der Waals surface area contributed by atoms with Crippen LogP contribution in [0.15, 0.2) is 40.4 Å². The molecule has 1 aromatic heterocycles. The zero-order chi connectivity index (χ0) is 15.2. The lowest BCUT2D eigenvalue weighted by Gasteiger charge is -2.07. The van der Waals surface area contributed by atoms with E-state index in [-0.39, 0.29) is 10.7 Å². The van der Waals surface area contributed by atoms with E-state index < -0.39 is 4.92 Å². The largest absolute Gasteiger partial charge is 0.354 e. The van der Waals surface area contributed by atoms with E-state index in [1.165, 1.54) is 6.20 Å². The third-order valence-electron chi connectivity index (χ3n) is 2.51. The second-order valence-electron chi connectivity index (χ2n) is 4.10. The van der Waals surface area contributed by atoms with E-state index in [1.54, 1.807) is 18.2 Å². The highest BCUT2D eigenvalue weighted by atomic mass is 35.5. The molecular weight excluding hydrogens is 312 g/mol. The van der Waals surface area contributed by atoms with Crippen molar-refractivity contribution in [3.8, 4) is 0 Å². The number of benzene rings is 1. The van der Waals surface area contributed by atoms with E-state index in [1.807, 2.05) is 13.0 Å². The standard InChI is InChI=1S/C13H13ClN4O2S/c1-2-7-15-13-16-8-10(18(19)20)12(17-13)21-11-6-4-3-5-9(11)14/h3-6,8H,2,7H2,1H3,(H,15,16,17). The first-order valence-electron chi connectivity index (χ1n) is 6.29. The third kappa shape index (κ3) is 4.05. The van der Waals surface area contributed by atoms with Crippen LogP contribution in [0.1, 0.15) is 13.3 Å². The van der Waals surface area contributed by atoms with Crippen LogP contribution in [0.5, 0.6) is 0 Å². The van der Waals surface area contributed by atoms with Gasteiger partial charge in [-0.05, 0) is 18.6 Å². The number of nitrogens with zero attached hydrogens (tertiary/aromatic N) is 3. The van der Waals surface area contributed by atoms with Gasteiger partial charge in [0.25, 0.3) is 0 Å². The smallest absolute Gasteiger partial charge is 0.320 e. The average molecular weight is 325 g/mol. The van der Waals surface area contributed by atoms with Crippen molar-refractivity contribution in [1.29, 1.82) is 0 Å². The summed E-state index contributed by atoms with van der Waals surface area (Å²) in [7, 11) is 0. The van der Waals surface area contributed by atoms with Gasteiger partial charge in [0.05, 0.1) is 9.95 Å². The van der Waals surface area contributed by atoms with Crippen molar-refractivity contribution in [2.24, 2.45) is 0 Å². The Labute approximate surface area is 131 Å². The molecule has 0 amide bonds. The molecule has 0 saturated heterocycles. The van der Waals surface area contributed by atoms with E-state index in [4.69, 9.17) is 11.6 Å². The van der Waals surface area contributed by atoms with Crippen LogP contribution in [0.2, 0.25) is 5.02 Å². The summed E-state index contributed by atoms with van der Waals surface area (Å²) >= 11 is 7.23. The van der Waals surface area contributed by atoms with Crippen molar-refractivity contribution >= 4 is 35.0 Å². The second-order valence-corrected chi connectivity index (χ2v) is 5.54. The van der Waals surface area contributed by atoms with Gasteiger partial charge in [-0.3, -0.25) is 10.1 Å². The van der Waals surface area contributed by atoms with Crippen molar-refractivity contribution in [3.63, 3.8) is 0 Å². The van der Waals surface area contributed by atoms with Crippen LogP contribution in [0.4, 0.5) is 11.6 Å². The number of nitro groups is 1. The van der Waals surface area contributed by atoms with E-state index in [9.17, 15) is 10.1 Å². The fourth-order valence-electron chi connectivity index (χ4n) is 1.51. The molecule has 1 aromatic carbocycles. The van der Waals surface area contributed by atoms with Crippen LogP contribution in [-0.4, -0.2) is 21.4 Å². The lowest BCUT2D eigenvalue weighted by molar-refractivity contribution is -0.388. The minimum atomic E-state index is -0.497. The van der Waals surface area contributed by atoms with Crippen LogP contribution < -0.4 is 5.32 Å². The number of hydrogen-bond acceptors (Lipinski definition) is 6. The van der Waals surface area contributed by atoms with E-state index >= 15 is 0 Å². The number of aromatic nitrogens is 2. The Morgan fingerprint density at radius 3 is 2.86 bits per heavy atom. The first-order chi connectivity index (χ1) is 10.1. The second kappa shape index (κ2) is 7.24. The van der Waals surface area contributed by atoms with Gasteiger partial charge in [0, 0.05) is 11.4 Å². The van der Waals surface area contributed by atoms with Crippen LogP contribution in [0.25, 0.3) is 0 Å². The summed E-state index contributed by atoms with van der Waals surface area (Å²) in [5.41, 5.74) is -0.137. The van der Waals surface area contributed by atoms with Gasteiger partial charge in [-0.2, -0.15) is 4.98 Å². The quantitative estimate of drug-likeness (QED) is 0.491. The SMILES string of the molecule is CCCNc1ncc([N+](=O)[O-])c(Sc2ccccc2Cl)n1. The summed E-state index contributed by atoms with van der Waals surface area (Å²) in [6.07, 6.45) is 2.12. The molecule has 8 heteroatoms. The van der Waals surface area contributed by atoms with Gasteiger partial charge in [0.1, 0.15) is 6.20 Å². The summed E-state index contributed by atoms with van der Waals surface area (Å²) < 4.78 is 0. The highest BCUT2D eigenvalue weighted by molar-refractivity contribution is 7.99. The highest BCUT2D eigenvalue weighted by Gasteiger charge is 2.19. The van der Waals surface area contributed by atoms with Crippen LogP contribution in [0.3, 0.4) is 0 Å². The highest BCUT2D eigenvalue weighted by Crippen LogP contribution is 2.36. The fraction of sp³-hybridized carbons (Fsp3) is 0.231. The number of hydrogen-bond donors (Lipinski definition) is 1. The number of halogens is 1. The Bertz CT molecular complexity index is 654. The summed E-state index contributed by atoms with van der Waals surface area (Å²) in [6.45, 7) is 2.71. The van der Waals surface area contributed by atoms with Gasteiger partial charge in [0.15, 0.2) is 5.03 Å². The molecule has 0 radical (unpaired) electrons. The van der Waals surface area contributed by atoms with Gasteiger partial charge < -0.3 is 5.32 Å². The molecule has 0 fully saturated rings. The van der Waals surface area contributed by atoms with Crippen LogP contribution in [0, 0.1) is 10.1 Å². The Morgan fingerprint density at radius 2 is 2.19 bits per heavy atom. The molecule has 0 aliphatic rings. The molecule has 1 N–H and O–H groups in total. The van der Waals surface area contributed by atoms with Gasteiger partial charge in [-0.25, -0.2) is 4.98 Å². The zero-order valence-electron chi connectivity index (χ0n) is 11.2. The Morgan fingerprint density at radius 1 is 1.43 bits per heavy atom.